The van der Waals surface area contributed by atoms with Gasteiger partial charge in [-0.25, -0.2) is 0 Å². The van der Waals surface area contributed by atoms with Gasteiger partial charge in [0.2, 0.25) is 0 Å². The second-order valence-electron chi connectivity index (χ2n) is 5.13. The van der Waals surface area contributed by atoms with Crippen LogP contribution in [0.4, 0.5) is 0 Å². The lowest BCUT2D eigenvalue weighted by atomic mass is 10.3. The summed E-state index contributed by atoms with van der Waals surface area (Å²) in [5.41, 5.74) is 0.848. The first-order valence-electron chi connectivity index (χ1n) is 7.45. The van der Waals surface area contributed by atoms with Crippen LogP contribution < -0.4 is 4.80 Å². The lowest BCUT2D eigenvalue weighted by Gasteiger charge is -2.04. The van der Waals surface area contributed by atoms with E-state index in [2.05, 4.69) is 10.1 Å². The summed E-state index contributed by atoms with van der Waals surface area (Å²) in [6, 6.07) is 6.75. The van der Waals surface area contributed by atoms with Gasteiger partial charge in [-0.15, -0.1) is 0 Å². The van der Waals surface area contributed by atoms with E-state index >= 15 is 0 Å². The Morgan fingerprint density at radius 2 is 2.20 bits per heavy atom. The number of hydrogen-bond donors (Lipinski definition) is 0. The molecular weight excluding hydrogens is 366 g/mol. The normalized spacial score (nSPS) is 11.9. The van der Waals surface area contributed by atoms with Gasteiger partial charge in [0.25, 0.3) is 0 Å². The summed E-state index contributed by atoms with van der Waals surface area (Å²) in [5.74, 6) is -0.448. The van der Waals surface area contributed by atoms with Gasteiger partial charge in [0.1, 0.15) is 12.3 Å². The fraction of sp³-hybridized carbons (Fsp3) is 0.250. The Labute approximate surface area is 151 Å². The number of ether oxygens (including phenoxy) is 1. The molecule has 0 saturated carbocycles. The number of rotatable bonds is 4. The van der Waals surface area contributed by atoms with Crippen LogP contribution in [0, 0.1) is 6.92 Å². The topological polar surface area (TPSA) is 86.7 Å². The minimum Gasteiger partial charge on any atom is -0.465 e. The molecule has 3 aromatic rings. The SMILES string of the molecule is CCOC(=O)Cn1c(=NC(=O)c2cc(C)on2)sc2cc(Cl)ccc21. The van der Waals surface area contributed by atoms with E-state index in [0.29, 0.717) is 15.6 Å². The molecule has 130 valence electrons. The second-order valence-corrected chi connectivity index (χ2v) is 6.57. The largest absolute Gasteiger partial charge is 0.465 e. The molecule has 9 heteroatoms. The van der Waals surface area contributed by atoms with E-state index in [-0.39, 0.29) is 18.8 Å². The lowest BCUT2D eigenvalue weighted by Crippen LogP contribution is -2.23. The van der Waals surface area contributed by atoms with Crippen LogP contribution >= 0.6 is 22.9 Å². The fourth-order valence-corrected chi connectivity index (χ4v) is 3.54. The minimum atomic E-state index is -0.549. The monoisotopic (exact) mass is 379 g/mol. The quantitative estimate of drug-likeness (QED) is 0.650. The van der Waals surface area contributed by atoms with E-state index in [9.17, 15) is 9.59 Å². The van der Waals surface area contributed by atoms with Crippen molar-refractivity contribution in [3.63, 3.8) is 0 Å². The van der Waals surface area contributed by atoms with Crippen LogP contribution in [0.3, 0.4) is 0 Å². The maximum Gasteiger partial charge on any atom is 0.326 e. The summed E-state index contributed by atoms with van der Waals surface area (Å²) in [7, 11) is 0. The van der Waals surface area contributed by atoms with E-state index in [1.54, 1.807) is 36.6 Å². The molecule has 0 saturated heterocycles. The van der Waals surface area contributed by atoms with Gasteiger partial charge in [-0.05, 0) is 32.0 Å². The zero-order valence-electron chi connectivity index (χ0n) is 13.5. The van der Waals surface area contributed by atoms with Crippen molar-refractivity contribution in [2.24, 2.45) is 4.99 Å². The molecule has 3 rings (SSSR count). The molecule has 1 amide bonds. The molecule has 0 unspecified atom stereocenters. The Hall–Kier alpha value is -2.45. The average Bonchev–Trinajstić information content (AvgIpc) is 3.12. The zero-order valence-corrected chi connectivity index (χ0v) is 15.1. The highest BCUT2D eigenvalue weighted by atomic mass is 35.5. The molecule has 0 radical (unpaired) electrons. The Balaban J connectivity index is 2.10. The van der Waals surface area contributed by atoms with Crippen LogP contribution in [0.2, 0.25) is 5.02 Å². The van der Waals surface area contributed by atoms with Crippen molar-refractivity contribution >= 4 is 45.0 Å². The number of amides is 1. The zero-order chi connectivity index (χ0) is 18.0. The minimum absolute atomic E-state index is 0.0561. The van der Waals surface area contributed by atoms with E-state index < -0.39 is 11.9 Å². The number of carbonyl (C=O) groups excluding carboxylic acids is 2. The summed E-state index contributed by atoms with van der Waals surface area (Å²) >= 11 is 7.28. The van der Waals surface area contributed by atoms with Crippen molar-refractivity contribution in [1.82, 2.24) is 9.72 Å². The first-order valence-corrected chi connectivity index (χ1v) is 8.64. The molecule has 7 nitrogen and oxygen atoms in total. The van der Waals surface area contributed by atoms with Crippen molar-refractivity contribution in [2.45, 2.75) is 20.4 Å². The molecule has 0 aliphatic heterocycles. The van der Waals surface area contributed by atoms with Crippen molar-refractivity contribution in [1.29, 1.82) is 0 Å². The van der Waals surface area contributed by atoms with Gasteiger partial charge < -0.3 is 13.8 Å². The van der Waals surface area contributed by atoms with Crippen LogP contribution in [0.5, 0.6) is 0 Å². The number of halogens is 1. The number of nitrogens with zero attached hydrogens (tertiary/aromatic N) is 3. The second kappa shape index (κ2) is 7.20. The van der Waals surface area contributed by atoms with Gasteiger partial charge in [-0.1, -0.05) is 28.1 Å². The molecule has 0 bridgehead atoms. The van der Waals surface area contributed by atoms with Crippen LogP contribution in [0.1, 0.15) is 23.2 Å². The van der Waals surface area contributed by atoms with Crippen LogP contribution in [0.25, 0.3) is 10.2 Å². The number of benzene rings is 1. The van der Waals surface area contributed by atoms with Crippen LogP contribution in [0.15, 0.2) is 33.8 Å². The number of aromatic nitrogens is 2. The maximum atomic E-state index is 12.3. The molecule has 0 aliphatic carbocycles. The summed E-state index contributed by atoms with van der Waals surface area (Å²) in [6.07, 6.45) is 0. The number of hydrogen-bond acceptors (Lipinski definition) is 6. The van der Waals surface area contributed by atoms with Gasteiger partial charge >= 0.3 is 11.9 Å². The molecule has 0 spiro atoms. The average molecular weight is 380 g/mol. The van der Waals surface area contributed by atoms with Gasteiger partial charge in [-0.3, -0.25) is 9.59 Å². The summed E-state index contributed by atoms with van der Waals surface area (Å²) in [6.45, 7) is 3.64. The first-order chi connectivity index (χ1) is 12.0. The van der Waals surface area contributed by atoms with Crippen LogP contribution in [-0.2, 0) is 16.1 Å². The van der Waals surface area contributed by atoms with E-state index in [1.807, 2.05) is 0 Å². The first kappa shape index (κ1) is 17.4. The highest BCUT2D eigenvalue weighted by Gasteiger charge is 2.15. The predicted octanol–water partition coefficient (Wildman–Crippen LogP) is 2.96. The van der Waals surface area contributed by atoms with Crippen molar-refractivity contribution in [2.75, 3.05) is 6.61 Å². The van der Waals surface area contributed by atoms with Crippen molar-refractivity contribution < 1.29 is 18.8 Å². The van der Waals surface area contributed by atoms with Crippen LogP contribution in [-0.4, -0.2) is 28.2 Å². The van der Waals surface area contributed by atoms with E-state index in [0.717, 1.165) is 10.2 Å². The number of fused-ring (bicyclic) bond motifs is 1. The Morgan fingerprint density at radius 1 is 1.40 bits per heavy atom. The third kappa shape index (κ3) is 3.80. The molecule has 0 N–H and O–H groups in total. The molecule has 25 heavy (non-hydrogen) atoms. The molecular formula is C16H14ClN3O4S. The number of esters is 1. The number of thiazole rings is 1. The third-order valence-corrected chi connectivity index (χ3v) is 4.56. The van der Waals surface area contributed by atoms with E-state index in [1.165, 1.54) is 17.4 Å². The van der Waals surface area contributed by atoms with Gasteiger partial charge in [0.05, 0.1) is 16.8 Å². The Morgan fingerprint density at radius 3 is 2.88 bits per heavy atom. The van der Waals surface area contributed by atoms with Crippen molar-refractivity contribution in [3.05, 3.63) is 45.5 Å². The molecule has 2 heterocycles. The highest BCUT2D eigenvalue weighted by molar-refractivity contribution is 7.16. The Bertz CT molecular complexity index is 1020. The number of aryl methyl sites for hydroxylation is 1. The van der Waals surface area contributed by atoms with Crippen molar-refractivity contribution in [3.8, 4) is 0 Å². The lowest BCUT2D eigenvalue weighted by molar-refractivity contribution is -0.143. The van der Waals surface area contributed by atoms with Gasteiger partial charge in [0.15, 0.2) is 10.5 Å². The molecule has 0 aliphatic rings. The van der Waals surface area contributed by atoms with E-state index in [4.69, 9.17) is 20.9 Å². The molecule has 0 fully saturated rings. The maximum absolute atomic E-state index is 12.3. The number of carbonyl (C=O) groups is 2. The predicted molar refractivity (Wildman–Crippen MR) is 92.6 cm³/mol. The molecule has 0 atom stereocenters. The summed E-state index contributed by atoms with van der Waals surface area (Å²) in [4.78, 5) is 28.7. The third-order valence-electron chi connectivity index (χ3n) is 3.28. The molecule has 2 aromatic heterocycles. The highest BCUT2D eigenvalue weighted by Crippen LogP contribution is 2.22. The van der Waals surface area contributed by atoms with Gasteiger partial charge in [0, 0.05) is 11.1 Å². The smallest absolute Gasteiger partial charge is 0.326 e. The van der Waals surface area contributed by atoms with Gasteiger partial charge in [-0.2, -0.15) is 4.99 Å². The standard InChI is InChI=1S/C16H14ClN3O4S/c1-3-23-14(21)8-20-12-5-4-10(17)7-13(12)25-16(20)18-15(22)11-6-9(2)24-19-11/h4-7H,3,8H2,1-2H3. The Kier molecular flexibility index (Phi) is 5.00. The summed E-state index contributed by atoms with van der Waals surface area (Å²) < 4.78 is 12.3. The fourth-order valence-electron chi connectivity index (χ4n) is 2.23. The summed E-state index contributed by atoms with van der Waals surface area (Å²) in [5, 5.41) is 4.22. The molecule has 1 aromatic carbocycles.